The van der Waals surface area contributed by atoms with Gasteiger partial charge in [-0.15, -0.1) is 11.3 Å². The van der Waals surface area contributed by atoms with Gasteiger partial charge in [0.2, 0.25) is 0 Å². The van der Waals surface area contributed by atoms with Crippen LogP contribution in [0.4, 0.5) is 22.7 Å². The number of nitrogens with zero attached hydrogens (tertiary/aromatic N) is 1. The average Bonchev–Trinajstić information content (AvgIpc) is 3.89. The Morgan fingerprint density at radius 1 is 0.556 bits per heavy atom. The zero-order valence-electron chi connectivity index (χ0n) is 30.0. The largest absolute Gasteiger partial charge is 0.367 e. The molecule has 0 saturated carbocycles. The van der Waals surface area contributed by atoms with E-state index in [4.69, 9.17) is 0 Å². The standard InChI is InChI=1S/C50H36N2S2/c1-50(2)42-21-10-8-18-38(42)40-29-35(27-28-43(40)50)52(34-25-23-32(24-26-34)37-20-12-16-31-13-6-7-17-36(31)37)47-46-45(54-49(51-46)33-14-4-3-5-15-33)30-41-39-19-9-11-22-44(39)53-48(41)47/h3-30,49,51H,1-2H3. The van der Waals surface area contributed by atoms with E-state index < -0.39 is 0 Å². The number of nitrogens with one attached hydrogen (secondary N) is 1. The molecule has 0 saturated heterocycles. The fourth-order valence-corrected chi connectivity index (χ4v) is 11.3. The molecule has 9 aromatic rings. The van der Waals surface area contributed by atoms with E-state index in [0.29, 0.717) is 0 Å². The molecule has 4 heteroatoms. The van der Waals surface area contributed by atoms with Crippen LogP contribution in [0.2, 0.25) is 0 Å². The van der Waals surface area contributed by atoms with E-state index in [-0.39, 0.29) is 10.8 Å². The highest BCUT2D eigenvalue weighted by atomic mass is 32.2. The zero-order chi connectivity index (χ0) is 36.0. The van der Waals surface area contributed by atoms with Crippen molar-refractivity contribution < 1.29 is 0 Å². The smallest absolute Gasteiger partial charge is 0.103 e. The minimum absolute atomic E-state index is 0.0662. The predicted octanol–water partition coefficient (Wildman–Crippen LogP) is 14.9. The van der Waals surface area contributed by atoms with Crippen LogP contribution in [0.3, 0.4) is 0 Å². The van der Waals surface area contributed by atoms with Gasteiger partial charge in [0.25, 0.3) is 0 Å². The summed E-state index contributed by atoms with van der Waals surface area (Å²) in [5, 5.41) is 9.29. The molecule has 1 unspecified atom stereocenters. The second-order valence-electron chi connectivity index (χ2n) is 14.9. The van der Waals surface area contributed by atoms with E-state index in [1.807, 2.05) is 23.1 Å². The highest BCUT2D eigenvalue weighted by Crippen LogP contribution is 2.59. The lowest BCUT2D eigenvalue weighted by molar-refractivity contribution is 0.660. The van der Waals surface area contributed by atoms with Crippen LogP contribution in [0, 0.1) is 0 Å². The van der Waals surface area contributed by atoms with Crippen LogP contribution in [0.5, 0.6) is 0 Å². The van der Waals surface area contributed by atoms with Gasteiger partial charge in [-0.05, 0) is 86.1 Å². The molecular weight excluding hydrogens is 693 g/mol. The molecule has 1 atom stereocenters. The molecule has 0 fully saturated rings. The Hall–Kier alpha value is -5.81. The van der Waals surface area contributed by atoms with Crippen LogP contribution in [0.25, 0.3) is 53.2 Å². The molecule has 0 radical (unpaired) electrons. The van der Waals surface area contributed by atoms with E-state index in [0.717, 1.165) is 11.4 Å². The average molecular weight is 729 g/mol. The molecule has 2 aliphatic rings. The lowest BCUT2D eigenvalue weighted by Gasteiger charge is -2.29. The van der Waals surface area contributed by atoms with Crippen LogP contribution in [-0.2, 0) is 5.41 Å². The molecule has 2 heterocycles. The van der Waals surface area contributed by atoms with E-state index in [1.54, 1.807) is 0 Å². The maximum atomic E-state index is 4.04. The second kappa shape index (κ2) is 12.1. The number of fused-ring (bicyclic) bond motifs is 8. The maximum Gasteiger partial charge on any atom is 0.103 e. The molecule has 0 amide bonds. The van der Waals surface area contributed by atoms with Crippen molar-refractivity contribution in [3.63, 3.8) is 0 Å². The van der Waals surface area contributed by atoms with Crippen molar-refractivity contribution >= 4 is 76.8 Å². The van der Waals surface area contributed by atoms with Gasteiger partial charge in [-0.25, -0.2) is 0 Å². The van der Waals surface area contributed by atoms with Crippen LogP contribution >= 0.6 is 23.1 Å². The molecule has 8 aromatic carbocycles. The second-order valence-corrected chi connectivity index (χ2v) is 17.1. The summed E-state index contributed by atoms with van der Waals surface area (Å²) in [4.78, 5) is 3.80. The summed E-state index contributed by atoms with van der Waals surface area (Å²) in [5.41, 5.74) is 13.8. The van der Waals surface area contributed by atoms with Crippen LogP contribution in [-0.4, -0.2) is 0 Å². The quantitative estimate of drug-likeness (QED) is 0.190. The molecular formula is C50H36N2S2. The molecule has 54 heavy (non-hydrogen) atoms. The Morgan fingerprint density at radius 3 is 2.11 bits per heavy atom. The molecule has 1 aromatic heterocycles. The first kappa shape index (κ1) is 31.7. The van der Waals surface area contributed by atoms with Gasteiger partial charge in [0.1, 0.15) is 5.37 Å². The summed E-state index contributed by atoms with van der Waals surface area (Å²) < 4.78 is 2.59. The van der Waals surface area contributed by atoms with Crippen LogP contribution < -0.4 is 10.2 Å². The van der Waals surface area contributed by atoms with Crippen molar-refractivity contribution in [3.05, 3.63) is 187 Å². The summed E-state index contributed by atoms with van der Waals surface area (Å²) in [7, 11) is 0. The van der Waals surface area contributed by atoms with E-state index in [1.165, 1.54) is 86.2 Å². The van der Waals surface area contributed by atoms with Gasteiger partial charge in [0.05, 0.1) is 16.1 Å². The number of rotatable bonds is 5. The SMILES string of the molecule is CC1(C)c2ccccc2-c2cc(N(c3ccc(-c4cccc5ccccc45)cc3)c3c4c(cc5c3sc3ccccc35)SC(c3ccccc3)N4)ccc21. The number of hydrogen-bond donors (Lipinski definition) is 1. The Labute approximate surface area is 323 Å². The lowest BCUT2D eigenvalue weighted by Crippen LogP contribution is -2.16. The van der Waals surface area contributed by atoms with Gasteiger partial charge in [-0.1, -0.05) is 159 Å². The van der Waals surface area contributed by atoms with Gasteiger partial charge >= 0.3 is 0 Å². The molecule has 11 rings (SSSR count). The van der Waals surface area contributed by atoms with Crippen LogP contribution in [0.1, 0.15) is 35.9 Å². The minimum atomic E-state index is -0.0662. The first-order chi connectivity index (χ1) is 26.5. The molecule has 1 aliphatic heterocycles. The Balaban J connectivity index is 1.16. The first-order valence-corrected chi connectivity index (χ1v) is 20.3. The fraction of sp³-hybridized carbons (Fsp3) is 0.0800. The lowest BCUT2D eigenvalue weighted by atomic mass is 9.82. The Morgan fingerprint density at radius 2 is 1.24 bits per heavy atom. The van der Waals surface area contributed by atoms with E-state index in [2.05, 4.69) is 194 Å². The Bertz CT molecular complexity index is 2920. The number of anilines is 4. The number of benzene rings is 8. The van der Waals surface area contributed by atoms with Crippen molar-refractivity contribution in [1.29, 1.82) is 0 Å². The third kappa shape index (κ3) is 4.80. The van der Waals surface area contributed by atoms with Crippen molar-refractivity contribution in [3.8, 4) is 22.3 Å². The van der Waals surface area contributed by atoms with Crippen molar-refractivity contribution in [2.75, 3.05) is 10.2 Å². The maximum absolute atomic E-state index is 4.04. The highest BCUT2D eigenvalue weighted by Gasteiger charge is 2.37. The minimum Gasteiger partial charge on any atom is -0.367 e. The first-order valence-electron chi connectivity index (χ1n) is 18.6. The molecule has 0 bridgehead atoms. The summed E-state index contributed by atoms with van der Waals surface area (Å²) in [6.07, 6.45) is 0. The Kier molecular flexibility index (Phi) is 7.11. The topological polar surface area (TPSA) is 15.3 Å². The third-order valence-corrected chi connectivity index (χ3v) is 13.9. The number of thiophene rings is 1. The van der Waals surface area contributed by atoms with Crippen molar-refractivity contribution in [2.24, 2.45) is 0 Å². The molecule has 0 spiro atoms. The molecule has 258 valence electrons. The normalized spacial score (nSPS) is 15.3. The summed E-state index contributed by atoms with van der Waals surface area (Å²) >= 11 is 3.81. The fourth-order valence-electron chi connectivity index (χ4n) is 8.85. The molecule has 2 nitrogen and oxygen atoms in total. The van der Waals surface area contributed by atoms with Gasteiger partial charge in [0, 0.05) is 37.2 Å². The number of hydrogen-bond acceptors (Lipinski definition) is 4. The summed E-state index contributed by atoms with van der Waals surface area (Å²) in [6, 6.07) is 62.8. The van der Waals surface area contributed by atoms with Gasteiger partial charge in [0.15, 0.2) is 0 Å². The van der Waals surface area contributed by atoms with Crippen molar-refractivity contribution in [1.82, 2.24) is 0 Å². The van der Waals surface area contributed by atoms with Gasteiger partial charge < -0.3 is 10.2 Å². The molecule has 1 aliphatic carbocycles. The third-order valence-electron chi connectivity index (χ3n) is 11.5. The monoisotopic (exact) mass is 728 g/mol. The predicted molar refractivity (Wildman–Crippen MR) is 233 cm³/mol. The zero-order valence-corrected chi connectivity index (χ0v) is 31.6. The molecule has 1 N–H and O–H groups in total. The highest BCUT2D eigenvalue weighted by molar-refractivity contribution is 8.00. The number of thioether (sulfide) groups is 1. The van der Waals surface area contributed by atoms with Gasteiger partial charge in [-0.2, -0.15) is 0 Å². The van der Waals surface area contributed by atoms with E-state index >= 15 is 0 Å². The summed E-state index contributed by atoms with van der Waals surface area (Å²) in [6.45, 7) is 4.72. The van der Waals surface area contributed by atoms with Gasteiger partial charge in [-0.3, -0.25) is 0 Å². The van der Waals surface area contributed by atoms with Crippen molar-refractivity contribution in [2.45, 2.75) is 29.5 Å². The van der Waals surface area contributed by atoms with Crippen LogP contribution in [0.15, 0.2) is 175 Å². The summed E-state index contributed by atoms with van der Waals surface area (Å²) in [5.74, 6) is 0. The van der Waals surface area contributed by atoms with E-state index in [9.17, 15) is 0 Å².